The summed E-state index contributed by atoms with van der Waals surface area (Å²) < 4.78 is 7.17. The van der Waals surface area contributed by atoms with E-state index in [9.17, 15) is 4.79 Å². The van der Waals surface area contributed by atoms with Crippen molar-refractivity contribution >= 4 is 17.6 Å². The number of unbranched alkanes of at least 4 members (excludes halogenated alkanes) is 2. The Morgan fingerprint density at radius 3 is 2.74 bits per heavy atom. The van der Waals surface area contributed by atoms with Crippen LogP contribution in [-0.2, 0) is 4.79 Å². The van der Waals surface area contributed by atoms with E-state index in [1.54, 1.807) is 16.8 Å². The first-order valence-electron chi connectivity index (χ1n) is 8.07. The monoisotopic (exact) mass is 334 g/mol. The zero-order valence-electron chi connectivity index (χ0n) is 13.9. The molecule has 0 spiro atoms. The van der Waals surface area contributed by atoms with Crippen molar-refractivity contribution in [2.75, 3.05) is 0 Å². The molecular weight excluding hydrogens is 312 g/mol. The number of benzene rings is 1. The summed E-state index contributed by atoms with van der Waals surface area (Å²) >= 11 is 6.06. The molecule has 0 saturated carbocycles. The summed E-state index contributed by atoms with van der Waals surface area (Å²) in [6.07, 6.45) is 3.37. The van der Waals surface area contributed by atoms with Crippen molar-refractivity contribution in [1.82, 2.24) is 9.78 Å². The zero-order valence-corrected chi connectivity index (χ0v) is 14.6. The number of rotatable bonds is 7. The van der Waals surface area contributed by atoms with Crippen LogP contribution in [0.5, 0.6) is 5.88 Å². The van der Waals surface area contributed by atoms with Crippen LogP contribution in [0.4, 0.5) is 0 Å². The maximum Gasteiger partial charge on any atom is 0.312 e. The van der Waals surface area contributed by atoms with Crippen LogP contribution in [0, 0.1) is 0 Å². The van der Waals surface area contributed by atoms with Gasteiger partial charge < -0.3 is 4.74 Å². The molecule has 0 bridgehead atoms. The molecule has 1 heterocycles. The van der Waals surface area contributed by atoms with E-state index in [4.69, 9.17) is 16.3 Å². The molecule has 0 amide bonds. The fourth-order valence-corrected chi connectivity index (χ4v) is 2.40. The van der Waals surface area contributed by atoms with Crippen molar-refractivity contribution in [2.45, 2.75) is 52.4 Å². The fraction of sp³-hybridized carbons (Fsp3) is 0.444. The molecule has 124 valence electrons. The third kappa shape index (κ3) is 4.83. The van der Waals surface area contributed by atoms with Crippen molar-refractivity contribution in [3.05, 3.63) is 41.0 Å². The predicted octanol–water partition coefficient (Wildman–Crippen LogP) is 5.13. The Balaban J connectivity index is 2.25. The van der Waals surface area contributed by atoms with E-state index >= 15 is 0 Å². The summed E-state index contributed by atoms with van der Waals surface area (Å²) in [7, 11) is 0. The predicted molar refractivity (Wildman–Crippen MR) is 92.4 cm³/mol. The minimum atomic E-state index is -0.225. The number of carbonyl (C=O) groups is 1. The highest BCUT2D eigenvalue weighted by molar-refractivity contribution is 6.30. The molecule has 0 unspecified atom stereocenters. The van der Waals surface area contributed by atoms with Crippen LogP contribution in [-0.4, -0.2) is 15.7 Å². The summed E-state index contributed by atoms with van der Waals surface area (Å²) in [5.41, 5.74) is 1.65. The molecule has 0 saturated heterocycles. The summed E-state index contributed by atoms with van der Waals surface area (Å²) in [5.74, 6) is 0.461. The van der Waals surface area contributed by atoms with E-state index < -0.39 is 0 Å². The lowest BCUT2D eigenvalue weighted by Gasteiger charge is -2.08. The van der Waals surface area contributed by atoms with Gasteiger partial charge in [0, 0.05) is 17.5 Å². The zero-order chi connectivity index (χ0) is 16.8. The van der Waals surface area contributed by atoms with Gasteiger partial charge in [-0.3, -0.25) is 4.79 Å². The van der Waals surface area contributed by atoms with E-state index in [1.165, 1.54) is 0 Å². The van der Waals surface area contributed by atoms with Gasteiger partial charge in [0.25, 0.3) is 0 Å². The SMILES string of the molecule is CCCCCC(=O)Oc1cc(C(C)C)nn1-c1cccc(Cl)c1. The number of hydrogen-bond acceptors (Lipinski definition) is 3. The number of halogens is 1. The van der Waals surface area contributed by atoms with E-state index in [-0.39, 0.29) is 11.9 Å². The summed E-state index contributed by atoms with van der Waals surface area (Å²) in [4.78, 5) is 12.0. The molecule has 0 atom stereocenters. The van der Waals surface area contributed by atoms with Gasteiger partial charge >= 0.3 is 5.97 Å². The Bertz CT molecular complexity index is 665. The lowest BCUT2D eigenvalue weighted by Crippen LogP contribution is -2.11. The molecular formula is C18H23ClN2O2. The van der Waals surface area contributed by atoms with Crippen molar-refractivity contribution in [3.8, 4) is 11.6 Å². The molecule has 4 nitrogen and oxygen atoms in total. The summed E-state index contributed by atoms with van der Waals surface area (Å²) in [6.45, 7) is 6.21. The molecule has 0 aliphatic rings. The summed E-state index contributed by atoms with van der Waals surface area (Å²) in [6, 6.07) is 9.16. The van der Waals surface area contributed by atoms with Gasteiger partial charge in [-0.15, -0.1) is 0 Å². The first-order chi connectivity index (χ1) is 11.0. The van der Waals surface area contributed by atoms with Gasteiger partial charge in [0.15, 0.2) is 0 Å². The highest BCUT2D eigenvalue weighted by Gasteiger charge is 2.16. The van der Waals surface area contributed by atoms with Crippen LogP contribution in [0.1, 0.15) is 58.1 Å². The number of aromatic nitrogens is 2. The van der Waals surface area contributed by atoms with E-state index in [2.05, 4.69) is 25.9 Å². The molecule has 5 heteroatoms. The van der Waals surface area contributed by atoms with Gasteiger partial charge in [-0.2, -0.15) is 5.10 Å². The molecule has 2 rings (SSSR count). The fourth-order valence-electron chi connectivity index (χ4n) is 2.22. The molecule has 1 aromatic heterocycles. The Morgan fingerprint density at radius 2 is 2.09 bits per heavy atom. The molecule has 0 aliphatic heterocycles. The molecule has 2 aromatic rings. The normalized spacial score (nSPS) is 11.0. The van der Waals surface area contributed by atoms with E-state index in [0.717, 1.165) is 30.6 Å². The molecule has 1 aromatic carbocycles. The Labute approximate surface area is 142 Å². The van der Waals surface area contributed by atoms with Gasteiger partial charge in [0.05, 0.1) is 11.4 Å². The standard InChI is InChI=1S/C18H23ClN2O2/c1-4-5-6-10-18(22)23-17-12-16(13(2)3)20-21(17)15-9-7-8-14(19)11-15/h7-9,11-13H,4-6,10H2,1-3H3. The molecule has 0 aliphatic carbocycles. The average molecular weight is 335 g/mol. The quantitative estimate of drug-likeness (QED) is 0.520. The van der Waals surface area contributed by atoms with Gasteiger partial charge in [0.1, 0.15) is 0 Å². The van der Waals surface area contributed by atoms with Crippen molar-refractivity contribution < 1.29 is 9.53 Å². The van der Waals surface area contributed by atoms with Crippen LogP contribution in [0.15, 0.2) is 30.3 Å². The third-order valence-corrected chi connectivity index (χ3v) is 3.78. The highest BCUT2D eigenvalue weighted by atomic mass is 35.5. The van der Waals surface area contributed by atoms with Crippen LogP contribution < -0.4 is 4.74 Å². The Morgan fingerprint density at radius 1 is 1.30 bits per heavy atom. The highest BCUT2D eigenvalue weighted by Crippen LogP contribution is 2.25. The van der Waals surface area contributed by atoms with Crippen molar-refractivity contribution in [1.29, 1.82) is 0 Å². The molecule has 23 heavy (non-hydrogen) atoms. The maximum absolute atomic E-state index is 12.0. The van der Waals surface area contributed by atoms with Gasteiger partial charge in [0.2, 0.25) is 5.88 Å². The van der Waals surface area contributed by atoms with Gasteiger partial charge in [-0.25, -0.2) is 4.68 Å². The molecule has 0 fully saturated rings. The molecule has 0 N–H and O–H groups in total. The summed E-state index contributed by atoms with van der Waals surface area (Å²) in [5, 5.41) is 5.17. The maximum atomic E-state index is 12.0. The first-order valence-corrected chi connectivity index (χ1v) is 8.45. The van der Waals surface area contributed by atoms with Crippen LogP contribution in [0.3, 0.4) is 0 Å². The number of esters is 1. The van der Waals surface area contributed by atoms with Crippen LogP contribution in [0.25, 0.3) is 5.69 Å². The Hall–Kier alpha value is -1.81. The molecule has 0 radical (unpaired) electrons. The average Bonchev–Trinajstić information content (AvgIpc) is 2.91. The van der Waals surface area contributed by atoms with E-state index in [0.29, 0.717) is 17.3 Å². The minimum Gasteiger partial charge on any atom is -0.407 e. The van der Waals surface area contributed by atoms with Crippen molar-refractivity contribution in [3.63, 3.8) is 0 Å². The number of nitrogens with zero attached hydrogens (tertiary/aromatic N) is 2. The first kappa shape index (κ1) is 17.5. The van der Waals surface area contributed by atoms with Gasteiger partial charge in [-0.05, 0) is 30.5 Å². The largest absolute Gasteiger partial charge is 0.407 e. The topological polar surface area (TPSA) is 44.1 Å². The van der Waals surface area contributed by atoms with Crippen LogP contribution in [0.2, 0.25) is 5.02 Å². The minimum absolute atomic E-state index is 0.225. The van der Waals surface area contributed by atoms with Crippen molar-refractivity contribution in [2.24, 2.45) is 0 Å². The third-order valence-electron chi connectivity index (χ3n) is 3.54. The smallest absolute Gasteiger partial charge is 0.312 e. The van der Waals surface area contributed by atoms with E-state index in [1.807, 2.05) is 18.2 Å². The number of carbonyl (C=O) groups excluding carboxylic acids is 1. The lowest BCUT2D eigenvalue weighted by molar-refractivity contribution is -0.134. The number of hydrogen-bond donors (Lipinski definition) is 0. The lowest BCUT2D eigenvalue weighted by atomic mass is 10.1. The Kier molecular flexibility index (Phi) is 6.22. The second-order valence-corrected chi connectivity index (χ2v) is 6.32. The second-order valence-electron chi connectivity index (χ2n) is 5.88. The second kappa shape index (κ2) is 8.16. The van der Waals surface area contributed by atoms with Gasteiger partial charge in [-0.1, -0.05) is 51.3 Å². The number of ether oxygens (including phenoxy) is 1. The van der Waals surface area contributed by atoms with Crippen LogP contribution >= 0.6 is 11.6 Å².